The predicted molar refractivity (Wildman–Crippen MR) is 114 cm³/mol. The number of benzene rings is 2. The second-order valence-electron chi connectivity index (χ2n) is 6.38. The van der Waals surface area contributed by atoms with Crippen LogP contribution in [0.1, 0.15) is 27.3 Å². The van der Waals surface area contributed by atoms with Gasteiger partial charge in [0, 0.05) is 19.6 Å². The molecule has 0 fully saturated rings. The minimum absolute atomic E-state index is 0.0287. The van der Waals surface area contributed by atoms with Crippen molar-refractivity contribution in [1.29, 1.82) is 0 Å². The maximum atomic E-state index is 11.8. The number of carbonyl (C=O) groups excluding carboxylic acids is 1. The van der Waals surface area contributed by atoms with E-state index in [1.807, 2.05) is 59.4 Å². The fourth-order valence-electron chi connectivity index (χ4n) is 2.95. The molecule has 0 radical (unpaired) electrons. The summed E-state index contributed by atoms with van der Waals surface area (Å²) in [5.74, 6) is -0.512. The zero-order chi connectivity index (χ0) is 19.8. The molecule has 0 spiro atoms. The highest BCUT2D eigenvalue weighted by molar-refractivity contribution is 7.99. The minimum Gasteiger partial charge on any atom is -0.364 e. The molecule has 0 saturated carbocycles. The standard InChI is InChI=1S/C21H25N5OS/c1-28-21(23-12-16-8-4-2-5-9-16)24-13-18-19(20(22)27)25-15-26(18)14-17-10-6-3-7-11-17/h2-11,15,21,23-24H,12-14H2,1H3,(H2,22,27). The summed E-state index contributed by atoms with van der Waals surface area (Å²) in [6.45, 7) is 1.88. The van der Waals surface area contributed by atoms with Crippen molar-refractivity contribution in [2.75, 3.05) is 6.26 Å². The summed E-state index contributed by atoms with van der Waals surface area (Å²) in [6.07, 6.45) is 3.71. The van der Waals surface area contributed by atoms with Crippen molar-refractivity contribution in [3.63, 3.8) is 0 Å². The molecule has 7 heteroatoms. The van der Waals surface area contributed by atoms with Crippen LogP contribution in [0.15, 0.2) is 67.0 Å². The highest BCUT2D eigenvalue weighted by atomic mass is 32.2. The van der Waals surface area contributed by atoms with Gasteiger partial charge in [0.25, 0.3) is 5.91 Å². The van der Waals surface area contributed by atoms with E-state index in [1.165, 1.54) is 5.56 Å². The summed E-state index contributed by atoms with van der Waals surface area (Å²) in [4.78, 5) is 16.0. The molecule has 0 bridgehead atoms. The third kappa shape index (κ3) is 5.45. The number of nitrogens with one attached hydrogen (secondary N) is 2. The Hall–Kier alpha value is -2.61. The molecule has 0 aliphatic rings. The van der Waals surface area contributed by atoms with Gasteiger partial charge in [-0.15, -0.1) is 11.8 Å². The zero-order valence-corrected chi connectivity index (χ0v) is 16.7. The number of primary amides is 1. The molecule has 0 saturated heterocycles. The monoisotopic (exact) mass is 395 g/mol. The third-order valence-electron chi connectivity index (χ3n) is 4.40. The van der Waals surface area contributed by atoms with Gasteiger partial charge >= 0.3 is 0 Å². The fraction of sp³-hybridized carbons (Fsp3) is 0.238. The molecule has 0 aliphatic carbocycles. The molecule has 28 heavy (non-hydrogen) atoms. The number of thioether (sulfide) groups is 1. The SMILES string of the molecule is CSC(NCc1ccccc1)NCc1c(C(N)=O)ncn1Cc1ccccc1. The average Bonchev–Trinajstić information content (AvgIpc) is 3.12. The Labute approximate surface area is 169 Å². The lowest BCUT2D eigenvalue weighted by molar-refractivity contribution is 0.0994. The second-order valence-corrected chi connectivity index (χ2v) is 7.32. The van der Waals surface area contributed by atoms with Crippen LogP contribution < -0.4 is 16.4 Å². The molecule has 3 rings (SSSR count). The molecule has 1 heterocycles. The quantitative estimate of drug-likeness (QED) is 0.460. The first-order valence-corrected chi connectivity index (χ1v) is 10.4. The topological polar surface area (TPSA) is 85.0 Å². The van der Waals surface area contributed by atoms with Crippen LogP contribution in [0.5, 0.6) is 0 Å². The highest BCUT2D eigenvalue weighted by Crippen LogP contribution is 2.12. The molecule has 1 amide bonds. The van der Waals surface area contributed by atoms with Crippen molar-refractivity contribution in [3.05, 3.63) is 89.5 Å². The Morgan fingerprint density at radius 3 is 2.25 bits per heavy atom. The van der Waals surface area contributed by atoms with Crippen LogP contribution in [-0.2, 0) is 19.6 Å². The summed E-state index contributed by atoms with van der Waals surface area (Å²) < 4.78 is 1.97. The number of hydrogen-bond acceptors (Lipinski definition) is 5. The van der Waals surface area contributed by atoms with Crippen molar-refractivity contribution in [1.82, 2.24) is 20.2 Å². The van der Waals surface area contributed by atoms with Crippen molar-refractivity contribution in [3.8, 4) is 0 Å². The fourth-order valence-corrected chi connectivity index (χ4v) is 3.45. The summed E-state index contributed by atoms with van der Waals surface area (Å²) in [7, 11) is 0. The van der Waals surface area contributed by atoms with Gasteiger partial charge in [0.1, 0.15) is 11.2 Å². The van der Waals surface area contributed by atoms with Gasteiger partial charge in [-0.2, -0.15) is 0 Å². The van der Waals surface area contributed by atoms with Crippen molar-refractivity contribution in [2.45, 2.75) is 25.1 Å². The molecule has 4 N–H and O–H groups in total. The Balaban J connectivity index is 1.67. The van der Waals surface area contributed by atoms with Gasteiger partial charge in [0.15, 0.2) is 0 Å². The number of carbonyl (C=O) groups is 1. The van der Waals surface area contributed by atoms with E-state index >= 15 is 0 Å². The number of nitrogens with two attached hydrogens (primary N) is 1. The van der Waals surface area contributed by atoms with Crippen LogP contribution in [-0.4, -0.2) is 27.2 Å². The van der Waals surface area contributed by atoms with Gasteiger partial charge in [0.05, 0.1) is 12.0 Å². The third-order valence-corrected chi connectivity index (χ3v) is 5.21. The number of nitrogens with zero attached hydrogens (tertiary/aromatic N) is 2. The van der Waals surface area contributed by atoms with Crippen molar-refractivity contribution in [2.24, 2.45) is 5.73 Å². The van der Waals surface area contributed by atoms with Crippen LogP contribution in [0.3, 0.4) is 0 Å². The Bertz CT molecular complexity index is 882. The van der Waals surface area contributed by atoms with Gasteiger partial charge in [-0.05, 0) is 17.4 Å². The minimum atomic E-state index is -0.512. The molecule has 6 nitrogen and oxygen atoms in total. The number of aromatic nitrogens is 2. The molecule has 1 atom stereocenters. The van der Waals surface area contributed by atoms with E-state index in [2.05, 4.69) is 27.8 Å². The predicted octanol–water partition coefficient (Wildman–Crippen LogP) is 2.56. The first kappa shape index (κ1) is 20.1. The smallest absolute Gasteiger partial charge is 0.269 e. The van der Waals surface area contributed by atoms with E-state index in [0.717, 1.165) is 17.8 Å². The van der Waals surface area contributed by atoms with Gasteiger partial charge in [0.2, 0.25) is 0 Å². The molecule has 3 aromatic rings. The van der Waals surface area contributed by atoms with Gasteiger partial charge < -0.3 is 10.3 Å². The second kappa shape index (κ2) is 10.1. The zero-order valence-electron chi connectivity index (χ0n) is 15.8. The maximum Gasteiger partial charge on any atom is 0.269 e. The highest BCUT2D eigenvalue weighted by Gasteiger charge is 2.17. The molecule has 146 valence electrons. The van der Waals surface area contributed by atoms with Crippen molar-refractivity contribution < 1.29 is 4.79 Å². The van der Waals surface area contributed by atoms with E-state index in [9.17, 15) is 4.79 Å². The lowest BCUT2D eigenvalue weighted by Gasteiger charge is -2.19. The average molecular weight is 396 g/mol. The van der Waals surface area contributed by atoms with Gasteiger partial charge in [-0.3, -0.25) is 15.4 Å². The summed E-state index contributed by atoms with van der Waals surface area (Å²) in [5, 5.41) is 6.92. The number of hydrogen-bond donors (Lipinski definition) is 3. The molecular formula is C21H25N5OS. The lowest BCUT2D eigenvalue weighted by atomic mass is 10.2. The van der Waals surface area contributed by atoms with Crippen LogP contribution in [0.4, 0.5) is 0 Å². The molecule has 2 aromatic carbocycles. The summed E-state index contributed by atoms with van der Waals surface area (Å²) in [6, 6.07) is 20.3. The molecule has 1 aromatic heterocycles. The molecule has 0 aliphatic heterocycles. The van der Waals surface area contributed by atoms with Gasteiger partial charge in [-0.1, -0.05) is 60.7 Å². The molecular weight excluding hydrogens is 370 g/mol. The van der Waals surface area contributed by atoms with Crippen molar-refractivity contribution >= 4 is 17.7 Å². The summed E-state index contributed by atoms with van der Waals surface area (Å²) in [5.41, 5.74) is 9.02. The van der Waals surface area contributed by atoms with Gasteiger partial charge in [-0.25, -0.2) is 4.98 Å². The summed E-state index contributed by atoms with van der Waals surface area (Å²) >= 11 is 1.67. The Kier molecular flexibility index (Phi) is 7.25. The van der Waals surface area contributed by atoms with Crippen LogP contribution >= 0.6 is 11.8 Å². The van der Waals surface area contributed by atoms with E-state index in [4.69, 9.17) is 5.73 Å². The van der Waals surface area contributed by atoms with E-state index in [1.54, 1.807) is 18.1 Å². The Morgan fingerprint density at radius 2 is 1.64 bits per heavy atom. The number of amides is 1. The van der Waals surface area contributed by atoms with Crippen LogP contribution in [0.2, 0.25) is 0 Å². The normalized spacial score (nSPS) is 12.0. The Morgan fingerprint density at radius 1 is 1.04 bits per heavy atom. The van der Waals surface area contributed by atoms with E-state index < -0.39 is 5.91 Å². The van der Waals surface area contributed by atoms with Crippen LogP contribution in [0.25, 0.3) is 0 Å². The maximum absolute atomic E-state index is 11.8. The number of imidazole rings is 1. The molecule has 1 unspecified atom stereocenters. The number of rotatable bonds is 10. The first-order valence-electron chi connectivity index (χ1n) is 9.08. The van der Waals surface area contributed by atoms with Crippen LogP contribution in [0, 0.1) is 0 Å². The van der Waals surface area contributed by atoms with E-state index in [0.29, 0.717) is 18.8 Å². The largest absolute Gasteiger partial charge is 0.364 e. The van der Waals surface area contributed by atoms with E-state index in [-0.39, 0.29) is 5.50 Å². The first-order chi connectivity index (χ1) is 13.7. The lowest BCUT2D eigenvalue weighted by Crippen LogP contribution is -2.39.